The lowest BCUT2D eigenvalue weighted by molar-refractivity contribution is 0.0276. The molecule has 2 amide bonds. The van der Waals surface area contributed by atoms with Gasteiger partial charge in [0.15, 0.2) is 0 Å². The molecule has 0 bridgehead atoms. The zero-order valence-electron chi connectivity index (χ0n) is 14.4. The van der Waals surface area contributed by atoms with Gasteiger partial charge in [-0.3, -0.25) is 4.98 Å². The van der Waals surface area contributed by atoms with Crippen LogP contribution in [0.15, 0.2) is 18.5 Å². The highest BCUT2D eigenvalue weighted by Gasteiger charge is 2.50. The van der Waals surface area contributed by atoms with Gasteiger partial charge in [-0.05, 0) is 36.8 Å². The number of urea groups is 1. The topological polar surface area (TPSA) is 45.7 Å². The second kappa shape index (κ2) is 6.48. The van der Waals surface area contributed by atoms with Crippen LogP contribution in [0.25, 0.3) is 0 Å². The number of ether oxygens (including phenoxy) is 1. The Kier molecular flexibility index (Phi) is 4.57. The highest BCUT2D eigenvalue weighted by Crippen LogP contribution is 2.49. The highest BCUT2D eigenvalue weighted by molar-refractivity contribution is 5.74. The van der Waals surface area contributed by atoms with Crippen LogP contribution in [-0.2, 0) is 11.3 Å². The van der Waals surface area contributed by atoms with Crippen LogP contribution in [0.1, 0.15) is 30.4 Å². The Balaban J connectivity index is 1.60. The van der Waals surface area contributed by atoms with E-state index < -0.39 is 0 Å². The number of fused-ring (bicyclic) bond motifs is 1. The quantitative estimate of drug-likeness (QED) is 0.858. The fourth-order valence-electron chi connectivity index (χ4n) is 4.15. The fraction of sp³-hybridized carbons (Fsp3) is 0.667. The molecule has 0 aromatic carbocycles. The highest BCUT2D eigenvalue weighted by atomic mass is 16.5. The molecule has 3 rings (SSSR count). The minimum atomic E-state index is 0.127. The Morgan fingerprint density at radius 2 is 2.30 bits per heavy atom. The van der Waals surface area contributed by atoms with E-state index in [9.17, 15) is 4.79 Å². The molecule has 5 nitrogen and oxygen atoms in total. The lowest BCUT2D eigenvalue weighted by Crippen LogP contribution is -2.40. The number of aryl methyl sites for hydroxylation is 1. The molecule has 1 aliphatic heterocycles. The second-order valence-electron chi connectivity index (χ2n) is 7.37. The summed E-state index contributed by atoms with van der Waals surface area (Å²) < 4.78 is 6.06. The van der Waals surface area contributed by atoms with E-state index in [0.29, 0.717) is 12.5 Å². The van der Waals surface area contributed by atoms with E-state index in [1.54, 1.807) is 4.90 Å². The van der Waals surface area contributed by atoms with E-state index in [0.717, 1.165) is 30.8 Å². The lowest BCUT2D eigenvalue weighted by Gasteiger charge is -2.29. The van der Waals surface area contributed by atoms with Crippen LogP contribution in [-0.4, -0.2) is 54.6 Å². The maximum absolute atomic E-state index is 12.3. The number of pyridine rings is 1. The lowest BCUT2D eigenvalue weighted by atomic mass is 9.81. The second-order valence-corrected chi connectivity index (χ2v) is 7.37. The number of carbonyl (C=O) groups is 1. The van der Waals surface area contributed by atoms with Gasteiger partial charge in [-0.2, -0.15) is 0 Å². The van der Waals surface area contributed by atoms with E-state index in [1.165, 1.54) is 19.3 Å². The van der Waals surface area contributed by atoms with E-state index in [1.807, 2.05) is 38.3 Å². The normalized spacial score (nSPS) is 26.4. The standard InChI is InChI=1S/C18H27N3O2/c1-14-7-15(9-19-8-14)11-23-13-18-6-4-5-16(18)10-21(12-18)17(22)20(2)3/h7-9,16H,4-6,10-13H2,1-3H3/t16-,18+/m0/s1. The molecule has 0 spiro atoms. The third kappa shape index (κ3) is 3.34. The Morgan fingerprint density at radius 1 is 1.48 bits per heavy atom. The SMILES string of the molecule is Cc1cncc(COC[C@]23CCC[C@H]2CN(C(=O)N(C)C)C3)c1. The maximum atomic E-state index is 12.3. The van der Waals surface area contributed by atoms with Crippen molar-refractivity contribution >= 4 is 6.03 Å². The van der Waals surface area contributed by atoms with Crippen molar-refractivity contribution in [3.63, 3.8) is 0 Å². The first-order valence-electron chi connectivity index (χ1n) is 8.45. The first-order chi connectivity index (χ1) is 11.0. The number of carbonyl (C=O) groups excluding carboxylic acids is 1. The Labute approximate surface area is 138 Å². The molecule has 0 unspecified atom stereocenters. The monoisotopic (exact) mass is 317 g/mol. The number of rotatable bonds is 4. The number of hydrogen-bond acceptors (Lipinski definition) is 3. The molecule has 2 aliphatic rings. The van der Waals surface area contributed by atoms with Gasteiger partial charge in [-0.25, -0.2) is 4.79 Å². The van der Waals surface area contributed by atoms with Gasteiger partial charge < -0.3 is 14.5 Å². The van der Waals surface area contributed by atoms with Crippen LogP contribution in [0.2, 0.25) is 0 Å². The molecule has 0 N–H and O–H groups in total. The summed E-state index contributed by atoms with van der Waals surface area (Å²) >= 11 is 0. The molecule has 5 heteroatoms. The average Bonchev–Trinajstić information content (AvgIpc) is 3.03. The first kappa shape index (κ1) is 16.2. The minimum absolute atomic E-state index is 0.127. The van der Waals surface area contributed by atoms with Crippen molar-refractivity contribution in [2.45, 2.75) is 32.8 Å². The fourth-order valence-corrected chi connectivity index (χ4v) is 4.15. The summed E-state index contributed by atoms with van der Waals surface area (Å²) in [6.07, 6.45) is 7.36. The van der Waals surface area contributed by atoms with Crippen molar-refractivity contribution < 1.29 is 9.53 Å². The number of hydrogen-bond donors (Lipinski definition) is 0. The van der Waals surface area contributed by atoms with Crippen molar-refractivity contribution in [1.29, 1.82) is 0 Å². The minimum Gasteiger partial charge on any atom is -0.376 e. The van der Waals surface area contributed by atoms with Gasteiger partial charge in [0, 0.05) is 45.0 Å². The van der Waals surface area contributed by atoms with Crippen LogP contribution in [0.5, 0.6) is 0 Å². The van der Waals surface area contributed by atoms with Crippen LogP contribution in [0.4, 0.5) is 4.79 Å². The molecule has 1 aliphatic carbocycles. The summed E-state index contributed by atoms with van der Waals surface area (Å²) in [6, 6.07) is 2.24. The predicted molar refractivity (Wildman–Crippen MR) is 89.1 cm³/mol. The molecule has 1 saturated carbocycles. The van der Waals surface area contributed by atoms with Gasteiger partial charge in [0.1, 0.15) is 0 Å². The van der Waals surface area contributed by atoms with E-state index >= 15 is 0 Å². The summed E-state index contributed by atoms with van der Waals surface area (Å²) in [7, 11) is 3.65. The zero-order valence-corrected chi connectivity index (χ0v) is 14.4. The van der Waals surface area contributed by atoms with Crippen molar-refractivity contribution in [3.05, 3.63) is 29.6 Å². The van der Waals surface area contributed by atoms with E-state index in [2.05, 4.69) is 11.1 Å². The summed E-state index contributed by atoms with van der Waals surface area (Å²) in [6.45, 7) is 5.10. The summed E-state index contributed by atoms with van der Waals surface area (Å²) in [4.78, 5) is 20.1. The van der Waals surface area contributed by atoms with Crippen LogP contribution >= 0.6 is 0 Å². The Hall–Kier alpha value is -1.62. The number of amides is 2. The maximum Gasteiger partial charge on any atom is 0.319 e. The van der Waals surface area contributed by atoms with Crippen molar-refractivity contribution in [2.24, 2.45) is 11.3 Å². The molecule has 2 fully saturated rings. The summed E-state index contributed by atoms with van der Waals surface area (Å²) in [5.41, 5.74) is 2.44. The third-order valence-corrected chi connectivity index (χ3v) is 5.28. The molecule has 126 valence electrons. The third-order valence-electron chi connectivity index (χ3n) is 5.28. The number of aromatic nitrogens is 1. The average molecular weight is 317 g/mol. The zero-order chi connectivity index (χ0) is 16.4. The van der Waals surface area contributed by atoms with Gasteiger partial charge >= 0.3 is 6.03 Å². The summed E-state index contributed by atoms with van der Waals surface area (Å²) in [5, 5.41) is 0. The largest absolute Gasteiger partial charge is 0.376 e. The van der Waals surface area contributed by atoms with Gasteiger partial charge in [-0.15, -0.1) is 0 Å². The van der Waals surface area contributed by atoms with Crippen LogP contribution in [0.3, 0.4) is 0 Å². The first-order valence-corrected chi connectivity index (χ1v) is 8.45. The van der Waals surface area contributed by atoms with Gasteiger partial charge in [0.25, 0.3) is 0 Å². The van der Waals surface area contributed by atoms with Crippen molar-refractivity contribution in [1.82, 2.24) is 14.8 Å². The molecule has 1 aromatic heterocycles. The van der Waals surface area contributed by atoms with E-state index in [-0.39, 0.29) is 11.4 Å². The molecule has 1 saturated heterocycles. The molecular formula is C18H27N3O2. The predicted octanol–water partition coefficient (Wildman–Crippen LogP) is 2.69. The summed E-state index contributed by atoms with van der Waals surface area (Å²) in [5.74, 6) is 0.585. The smallest absolute Gasteiger partial charge is 0.319 e. The van der Waals surface area contributed by atoms with Gasteiger partial charge in [0.05, 0.1) is 13.2 Å². The molecule has 2 atom stereocenters. The van der Waals surface area contributed by atoms with Crippen LogP contribution < -0.4 is 0 Å². The molecule has 0 radical (unpaired) electrons. The van der Waals surface area contributed by atoms with Crippen LogP contribution in [0, 0.1) is 18.3 Å². The molecule has 23 heavy (non-hydrogen) atoms. The molecule has 2 heterocycles. The number of likely N-dealkylation sites (tertiary alicyclic amines) is 1. The van der Waals surface area contributed by atoms with Gasteiger partial charge in [0.2, 0.25) is 0 Å². The number of nitrogens with zero attached hydrogens (tertiary/aromatic N) is 3. The van der Waals surface area contributed by atoms with Crippen molar-refractivity contribution in [2.75, 3.05) is 33.8 Å². The van der Waals surface area contributed by atoms with Crippen molar-refractivity contribution in [3.8, 4) is 0 Å². The van der Waals surface area contributed by atoms with E-state index in [4.69, 9.17) is 4.74 Å². The van der Waals surface area contributed by atoms with Gasteiger partial charge in [-0.1, -0.05) is 12.5 Å². The Morgan fingerprint density at radius 3 is 3.04 bits per heavy atom. The Bertz CT molecular complexity index is 575. The molecule has 1 aromatic rings. The molecular weight excluding hydrogens is 290 g/mol.